The highest BCUT2D eigenvalue weighted by Gasteiger charge is 2.38. The average Bonchev–Trinajstić information content (AvgIpc) is 3.18. The van der Waals surface area contributed by atoms with E-state index in [0.29, 0.717) is 18.3 Å². The van der Waals surface area contributed by atoms with E-state index in [0.717, 1.165) is 18.4 Å². The molecule has 0 saturated carbocycles. The van der Waals surface area contributed by atoms with Crippen molar-refractivity contribution in [1.29, 1.82) is 0 Å². The van der Waals surface area contributed by atoms with Gasteiger partial charge < -0.3 is 10.1 Å². The third kappa shape index (κ3) is 2.85. The van der Waals surface area contributed by atoms with E-state index in [4.69, 9.17) is 4.74 Å². The molecule has 2 atom stereocenters. The first-order valence-corrected chi connectivity index (χ1v) is 7.36. The number of ether oxygens (including phenoxy) is 1. The van der Waals surface area contributed by atoms with E-state index in [-0.39, 0.29) is 11.9 Å². The molecule has 7 heteroatoms. The molecular formula is C15H19N5O2. The van der Waals surface area contributed by atoms with Gasteiger partial charge in [0.05, 0.1) is 6.04 Å². The normalized spacial score (nSPS) is 22.5. The van der Waals surface area contributed by atoms with Crippen LogP contribution in [0.2, 0.25) is 0 Å². The van der Waals surface area contributed by atoms with Crippen LogP contribution in [0.5, 0.6) is 0 Å². The van der Waals surface area contributed by atoms with Crippen LogP contribution >= 0.6 is 0 Å². The molecule has 0 spiro atoms. The van der Waals surface area contributed by atoms with Crippen molar-refractivity contribution in [2.75, 3.05) is 6.61 Å². The number of aromatic nitrogens is 4. The first kappa shape index (κ1) is 14.6. The Balaban J connectivity index is 1.69. The first-order chi connectivity index (χ1) is 10.6. The number of rotatable bonds is 4. The summed E-state index contributed by atoms with van der Waals surface area (Å²) in [6, 6.07) is 3.41. The standard InChI is InChI=1S/C15H19N5O2/c1-10(17-14(21)15(2)6-3-9-22-15)12-18-13(20-19-12)11-4-7-16-8-5-11/h4-5,7-8,10H,3,6,9H2,1-2H3,(H,17,21)(H,18,19,20)/t10-,15-/m1/s1. The van der Waals surface area contributed by atoms with Crippen LogP contribution in [0.3, 0.4) is 0 Å². The number of carbonyl (C=O) groups excluding carboxylic acids is 1. The van der Waals surface area contributed by atoms with Gasteiger partial charge in [-0.2, -0.15) is 5.10 Å². The Morgan fingerprint density at radius 3 is 2.91 bits per heavy atom. The molecule has 2 N–H and O–H groups in total. The lowest BCUT2D eigenvalue weighted by Crippen LogP contribution is -2.45. The van der Waals surface area contributed by atoms with Crippen LogP contribution in [-0.2, 0) is 9.53 Å². The summed E-state index contributed by atoms with van der Waals surface area (Å²) in [4.78, 5) is 20.7. The summed E-state index contributed by atoms with van der Waals surface area (Å²) in [6.07, 6.45) is 5.03. The number of nitrogens with zero attached hydrogens (tertiary/aromatic N) is 3. The number of hydrogen-bond donors (Lipinski definition) is 2. The number of H-pyrrole nitrogens is 1. The summed E-state index contributed by atoms with van der Waals surface area (Å²) in [7, 11) is 0. The van der Waals surface area contributed by atoms with Crippen molar-refractivity contribution in [3.8, 4) is 11.4 Å². The molecule has 2 aromatic heterocycles. The van der Waals surface area contributed by atoms with Crippen molar-refractivity contribution in [3.05, 3.63) is 30.4 Å². The SMILES string of the molecule is C[C@@H](NC(=O)[C@@]1(C)CCCO1)c1nc(-c2ccncc2)n[nH]1. The Kier molecular flexibility index (Phi) is 3.89. The van der Waals surface area contributed by atoms with Crippen LogP contribution in [-0.4, -0.2) is 38.3 Å². The number of amides is 1. The maximum atomic E-state index is 12.3. The minimum Gasteiger partial charge on any atom is -0.365 e. The Bertz CT molecular complexity index is 649. The largest absolute Gasteiger partial charge is 0.365 e. The molecule has 116 valence electrons. The number of aromatic amines is 1. The van der Waals surface area contributed by atoms with E-state index in [1.165, 1.54) is 0 Å². The maximum Gasteiger partial charge on any atom is 0.252 e. The molecule has 1 fully saturated rings. The summed E-state index contributed by atoms with van der Waals surface area (Å²) in [5, 5.41) is 9.99. The van der Waals surface area contributed by atoms with E-state index in [9.17, 15) is 4.79 Å². The van der Waals surface area contributed by atoms with Crippen LogP contribution in [0.15, 0.2) is 24.5 Å². The van der Waals surface area contributed by atoms with E-state index >= 15 is 0 Å². The van der Waals surface area contributed by atoms with Crippen LogP contribution in [0.4, 0.5) is 0 Å². The quantitative estimate of drug-likeness (QED) is 0.895. The maximum absolute atomic E-state index is 12.3. The molecule has 0 unspecified atom stereocenters. The lowest BCUT2D eigenvalue weighted by atomic mass is 10.0. The van der Waals surface area contributed by atoms with Gasteiger partial charge in [0.1, 0.15) is 11.4 Å². The Morgan fingerprint density at radius 2 is 2.23 bits per heavy atom. The van der Waals surface area contributed by atoms with E-state index < -0.39 is 5.60 Å². The van der Waals surface area contributed by atoms with Gasteiger partial charge in [-0.25, -0.2) is 4.98 Å². The fraction of sp³-hybridized carbons (Fsp3) is 0.467. The second-order valence-corrected chi connectivity index (χ2v) is 5.66. The molecule has 0 bridgehead atoms. The van der Waals surface area contributed by atoms with Gasteiger partial charge in [0.2, 0.25) is 0 Å². The molecule has 2 aromatic rings. The highest BCUT2D eigenvalue weighted by atomic mass is 16.5. The molecule has 7 nitrogen and oxygen atoms in total. The van der Waals surface area contributed by atoms with Crippen molar-refractivity contribution in [3.63, 3.8) is 0 Å². The summed E-state index contributed by atoms with van der Waals surface area (Å²) >= 11 is 0. The van der Waals surface area contributed by atoms with Gasteiger partial charge in [-0.05, 0) is 38.8 Å². The molecule has 0 radical (unpaired) electrons. The van der Waals surface area contributed by atoms with E-state index in [1.54, 1.807) is 12.4 Å². The zero-order chi connectivity index (χ0) is 15.6. The number of nitrogens with one attached hydrogen (secondary N) is 2. The summed E-state index contributed by atoms with van der Waals surface area (Å²) in [6.45, 7) is 4.32. The van der Waals surface area contributed by atoms with Crippen molar-refractivity contribution < 1.29 is 9.53 Å². The molecule has 0 aliphatic carbocycles. The van der Waals surface area contributed by atoms with Crippen LogP contribution in [0.25, 0.3) is 11.4 Å². The third-order valence-electron chi connectivity index (χ3n) is 3.90. The number of hydrogen-bond acceptors (Lipinski definition) is 5. The lowest BCUT2D eigenvalue weighted by Gasteiger charge is -2.23. The smallest absolute Gasteiger partial charge is 0.252 e. The predicted octanol–water partition coefficient (Wildman–Crippen LogP) is 1.61. The summed E-state index contributed by atoms with van der Waals surface area (Å²) in [5.41, 5.74) is 0.143. The zero-order valence-corrected chi connectivity index (χ0v) is 12.7. The molecule has 1 saturated heterocycles. The van der Waals surface area contributed by atoms with Gasteiger partial charge in [-0.1, -0.05) is 0 Å². The van der Waals surface area contributed by atoms with E-state index in [1.807, 2.05) is 26.0 Å². The van der Waals surface area contributed by atoms with Crippen molar-refractivity contribution in [2.45, 2.75) is 38.3 Å². The average molecular weight is 301 g/mol. The molecule has 0 aromatic carbocycles. The van der Waals surface area contributed by atoms with Gasteiger partial charge in [0.15, 0.2) is 5.82 Å². The van der Waals surface area contributed by atoms with Gasteiger partial charge in [0.25, 0.3) is 5.91 Å². The van der Waals surface area contributed by atoms with Gasteiger partial charge in [-0.3, -0.25) is 14.9 Å². The van der Waals surface area contributed by atoms with Crippen LogP contribution < -0.4 is 5.32 Å². The van der Waals surface area contributed by atoms with Gasteiger partial charge in [-0.15, -0.1) is 0 Å². The van der Waals surface area contributed by atoms with Crippen LogP contribution in [0, 0.1) is 0 Å². The van der Waals surface area contributed by atoms with E-state index in [2.05, 4.69) is 25.5 Å². The fourth-order valence-electron chi connectivity index (χ4n) is 2.47. The summed E-state index contributed by atoms with van der Waals surface area (Å²) in [5.74, 6) is 1.09. The second kappa shape index (κ2) is 5.84. The number of pyridine rings is 1. The first-order valence-electron chi connectivity index (χ1n) is 7.36. The van der Waals surface area contributed by atoms with Crippen molar-refractivity contribution >= 4 is 5.91 Å². The third-order valence-corrected chi connectivity index (χ3v) is 3.90. The summed E-state index contributed by atoms with van der Waals surface area (Å²) < 4.78 is 5.55. The topological polar surface area (TPSA) is 92.8 Å². The Labute approximate surface area is 128 Å². The lowest BCUT2D eigenvalue weighted by molar-refractivity contribution is -0.140. The molecule has 1 aliphatic rings. The van der Waals surface area contributed by atoms with Crippen molar-refractivity contribution in [2.24, 2.45) is 0 Å². The highest BCUT2D eigenvalue weighted by molar-refractivity contribution is 5.85. The Hall–Kier alpha value is -2.28. The zero-order valence-electron chi connectivity index (χ0n) is 12.7. The van der Waals surface area contributed by atoms with Crippen molar-refractivity contribution in [1.82, 2.24) is 25.5 Å². The second-order valence-electron chi connectivity index (χ2n) is 5.66. The fourth-order valence-corrected chi connectivity index (χ4v) is 2.47. The highest BCUT2D eigenvalue weighted by Crippen LogP contribution is 2.26. The molecule has 22 heavy (non-hydrogen) atoms. The number of carbonyl (C=O) groups is 1. The van der Waals surface area contributed by atoms with Gasteiger partial charge >= 0.3 is 0 Å². The minimum atomic E-state index is -0.734. The Morgan fingerprint density at radius 1 is 1.45 bits per heavy atom. The predicted molar refractivity (Wildman–Crippen MR) is 79.8 cm³/mol. The molecule has 1 amide bonds. The van der Waals surface area contributed by atoms with Crippen LogP contribution in [0.1, 0.15) is 38.6 Å². The molecule has 3 rings (SSSR count). The molecular weight excluding hydrogens is 282 g/mol. The molecule has 1 aliphatic heterocycles. The minimum absolute atomic E-state index is 0.112. The van der Waals surface area contributed by atoms with Gasteiger partial charge in [0, 0.05) is 24.6 Å². The molecule has 3 heterocycles. The monoisotopic (exact) mass is 301 g/mol.